The number of Topliss-reactive ketones (excluding diaryl/α,β-unsaturated/α-hetero) is 1. The summed E-state index contributed by atoms with van der Waals surface area (Å²) in [5.41, 5.74) is 0. The first-order chi connectivity index (χ1) is 5.59. The predicted molar refractivity (Wildman–Crippen MR) is 47.1 cm³/mol. The molecule has 1 fully saturated rings. The maximum Gasteiger partial charge on any atom is 0.143 e. The fourth-order valence-corrected chi connectivity index (χ4v) is 1.48. The Morgan fingerprint density at radius 3 is 2.83 bits per heavy atom. The molecule has 0 spiro atoms. The van der Waals surface area contributed by atoms with E-state index in [1.807, 2.05) is 6.92 Å². The fraction of sp³-hybridized carbons (Fsp3) is 0.889. The molecule has 0 amide bonds. The molecule has 1 aliphatic rings. The lowest BCUT2D eigenvalue weighted by Crippen LogP contribution is -2.48. The second kappa shape index (κ2) is 4.01. The Bertz CT molecular complexity index is 170. The van der Waals surface area contributed by atoms with Crippen molar-refractivity contribution in [2.24, 2.45) is 0 Å². The molecule has 2 unspecified atom stereocenters. The van der Waals surface area contributed by atoms with Crippen molar-refractivity contribution in [3.63, 3.8) is 0 Å². The lowest BCUT2D eigenvalue weighted by atomic mass is 10.2. The van der Waals surface area contributed by atoms with E-state index in [9.17, 15) is 4.79 Å². The van der Waals surface area contributed by atoms with Crippen molar-refractivity contribution >= 4 is 5.78 Å². The standard InChI is InChI=1S/C9H17NO2/c1-7-6-12-9(3)5-10(7)4-8(2)11/h7,9H,4-6H2,1-3H3. The molecular formula is C9H17NO2. The van der Waals surface area contributed by atoms with E-state index >= 15 is 0 Å². The lowest BCUT2D eigenvalue weighted by Gasteiger charge is -2.35. The summed E-state index contributed by atoms with van der Waals surface area (Å²) in [5.74, 6) is 0.232. The molecule has 1 saturated heterocycles. The third-order valence-corrected chi connectivity index (χ3v) is 2.16. The normalized spacial score (nSPS) is 31.9. The van der Waals surface area contributed by atoms with Gasteiger partial charge in [0.15, 0.2) is 0 Å². The molecule has 1 aliphatic heterocycles. The van der Waals surface area contributed by atoms with E-state index in [-0.39, 0.29) is 11.9 Å². The Kier molecular flexibility index (Phi) is 3.23. The highest BCUT2D eigenvalue weighted by atomic mass is 16.5. The van der Waals surface area contributed by atoms with Gasteiger partial charge in [0.05, 0.1) is 19.3 Å². The number of carbonyl (C=O) groups is 1. The van der Waals surface area contributed by atoms with Crippen LogP contribution < -0.4 is 0 Å². The zero-order valence-electron chi connectivity index (χ0n) is 8.04. The average Bonchev–Trinajstić information content (AvgIpc) is 1.96. The zero-order valence-corrected chi connectivity index (χ0v) is 8.04. The van der Waals surface area contributed by atoms with Crippen LogP contribution >= 0.6 is 0 Å². The van der Waals surface area contributed by atoms with Gasteiger partial charge >= 0.3 is 0 Å². The Morgan fingerprint density at radius 1 is 1.58 bits per heavy atom. The highest BCUT2D eigenvalue weighted by Gasteiger charge is 2.23. The quantitative estimate of drug-likeness (QED) is 0.612. The van der Waals surface area contributed by atoms with Crippen molar-refractivity contribution < 1.29 is 9.53 Å². The number of morpholine rings is 1. The van der Waals surface area contributed by atoms with Crippen LogP contribution in [-0.4, -0.2) is 42.5 Å². The molecule has 3 heteroatoms. The molecule has 0 bridgehead atoms. The molecule has 0 aromatic carbocycles. The largest absolute Gasteiger partial charge is 0.376 e. The van der Waals surface area contributed by atoms with Crippen LogP contribution in [0.25, 0.3) is 0 Å². The fourth-order valence-electron chi connectivity index (χ4n) is 1.48. The number of ketones is 1. The third kappa shape index (κ3) is 2.57. The predicted octanol–water partition coefficient (Wildman–Crippen LogP) is 0.685. The summed E-state index contributed by atoms with van der Waals surface area (Å²) in [6.45, 7) is 7.95. The molecule has 2 atom stereocenters. The van der Waals surface area contributed by atoms with E-state index in [0.29, 0.717) is 12.6 Å². The van der Waals surface area contributed by atoms with Crippen molar-refractivity contribution in [1.29, 1.82) is 0 Å². The first-order valence-electron chi connectivity index (χ1n) is 4.44. The lowest BCUT2D eigenvalue weighted by molar-refractivity contribution is -0.121. The minimum atomic E-state index is 0.232. The van der Waals surface area contributed by atoms with E-state index in [2.05, 4.69) is 11.8 Å². The zero-order chi connectivity index (χ0) is 9.14. The molecule has 0 aromatic rings. The Morgan fingerprint density at radius 2 is 2.25 bits per heavy atom. The molecule has 3 nitrogen and oxygen atoms in total. The monoisotopic (exact) mass is 171 g/mol. The first-order valence-corrected chi connectivity index (χ1v) is 4.44. The van der Waals surface area contributed by atoms with Crippen LogP contribution in [0.15, 0.2) is 0 Å². The van der Waals surface area contributed by atoms with Crippen molar-refractivity contribution in [2.45, 2.75) is 32.9 Å². The Hall–Kier alpha value is -0.410. The minimum Gasteiger partial charge on any atom is -0.376 e. The molecule has 0 saturated carbocycles. The van der Waals surface area contributed by atoms with Gasteiger partial charge in [-0.05, 0) is 20.8 Å². The van der Waals surface area contributed by atoms with Crippen molar-refractivity contribution in [1.82, 2.24) is 4.90 Å². The number of rotatable bonds is 2. The summed E-state index contributed by atoms with van der Waals surface area (Å²) < 4.78 is 5.45. The number of hydrogen-bond acceptors (Lipinski definition) is 3. The second-order valence-electron chi connectivity index (χ2n) is 3.62. The highest BCUT2D eigenvalue weighted by molar-refractivity contribution is 5.77. The number of ether oxygens (including phenoxy) is 1. The number of nitrogens with zero attached hydrogens (tertiary/aromatic N) is 1. The summed E-state index contributed by atoms with van der Waals surface area (Å²) in [7, 11) is 0. The Balaban J connectivity index is 2.43. The van der Waals surface area contributed by atoms with Gasteiger partial charge in [-0.3, -0.25) is 9.69 Å². The van der Waals surface area contributed by atoms with E-state index in [4.69, 9.17) is 4.74 Å². The van der Waals surface area contributed by atoms with E-state index in [0.717, 1.165) is 13.2 Å². The Labute approximate surface area is 73.7 Å². The van der Waals surface area contributed by atoms with Crippen LogP contribution in [-0.2, 0) is 9.53 Å². The summed E-state index contributed by atoms with van der Waals surface area (Å²) in [6, 6.07) is 0.380. The summed E-state index contributed by atoms with van der Waals surface area (Å²) >= 11 is 0. The summed E-state index contributed by atoms with van der Waals surface area (Å²) in [6.07, 6.45) is 0.264. The molecular weight excluding hydrogens is 154 g/mol. The SMILES string of the molecule is CC(=O)CN1CC(C)OCC1C. The molecule has 1 heterocycles. The van der Waals surface area contributed by atoms with Crippen LogP contribution in [0.5, 0.6) is 0 Å². The minimum absolute atomic E-state index is 0.232. The molecule has 70 valence electrons. The van der Waals surface area contributed by atoms with Crippen molar-refractivity contribution in [3.05, 3.63) is 0 Å². The van der Waals surface area contributed by atoms with Gasteiger partial charge in [0.2, 0.25) is 0 Å². The van der Waals surface area contributed by atoms with Gasteiger partial charge in [-0.15, -0.1) is 0 Å². The van der Waals surface area contributed by atoms with Crippen LogP contribution in [0, 0.1) is 0 Å². The summed E-state index contributed by atoms with van der Waals surface area (Å²) in [4.78, 5) is 13.1. The van der Waals surface area contributed by atoms with Gasteiger partial charge in [-0.25, -0.2) is 0 Å². The molecule has 0 N–H and O–H groups in total. The molecule has 0 radical (unpaired) electrons. The molecule has 12 heavy (non-hydrogen) atoms. The van der Waals surface area contributed by atoms with Gasteiger partial charge in [0.1, 0.15) is 5.78 Å². The average molecular weight is 171 g/mol. The molecule has 0 aromatic heterocycles. The van der Waals surface area contributed by atoms with Crippen LogP contribution in [0.1, 0.15) is 20.8 Å². The van der Waals surface area contributed by atoms with E-state index in [1.54, 1.807) is 6.92 Å². The van der Waals surface area contributed by atoms with Gasteiger partial charge < -0.3 is 4.74 Å². The van der Waals surface area contributed by atoms with E-state index < -0.39 is 0 Å². The van der Waals surface area contributed by atoms with E-state index in [1.165, 1.54) is 0 Å². The van der Waals surface area contributed by atoms with Crippen LogP contribution in [0.2, 0.25) is 0 Å². The molecule has 1 rings (SSSR count). The smallest absolute Gasteiger partial charge is 0.143 e. The second-order valence-corrected chi connectivity index (χ2v) is 3.62. The third-order valence-electron chi connectivity index (χ3n) is 2.16. The number of carbonyl (C=O) groups excluding carboxylic acids is 1. The topological polar surface area (TPSA) is 29.5 Å². The highest BCUT2D eigenvalue weighted by Crippen LogP contribution is 2.10. The van der Waals surface area contributed by atoms with Crippen molar-refractivity contribution in [3.8, 4) is 0 Å². The van der Waals surface area contributed by atoms with Gasteiger partial charge in [0.25, 0.3) is 0 Å². The van der Waals surface area contributed by atoms with Gasteiger partial charge in [-0.2, -0.15) is 0 Å². The first kappa shape index (κ1) is 9.68. The van der Waals surface area contributed by atoms with Crippen LogP contribution in [0.3, 0.4) is 0 Å². The van der Waals surface area contributed by atoms with Crippen LogP contribution in [0.4, 0.5) is 0 Å². The van der Waals surface area contributed by atoms with Gasteiger partial charge in [-0.1, -0.05) is 0 Å². The maximum absolute atomic E-state index is 10.9. The summed E-state index contributed by atoms with van der Waals surface area (Å²) in [5, 5.41) is 0. The van der Waals surface area contributed by atoms with Gasteiger partial charge in [0, 0.05) is 12.6 Å². The maximum atomic E-state index is 10.9. The van der Waals surface area contributed by atoms with Crippen molar-refractivity contribution in [2.75, 3.05) is 19.7 Å². The molecule has 0 aliphatic carbocycles. The number of hydrogen-bond donors (Lipinski definition) is 0.